The number of aromatic amines is 1. The Morgan fingerprint density at radius 1 is 1.10 bits per heavy atom. The van der Waals surface area contributed by atoms with E-state index in [0.717, 1.165) is 16.3 Å². The second kappa shape index (κ2) is 6.07. The second-order valence-corrected chi connectivity index (χ2v) is 11.6. The van der Waals surface area contributed by atoms with Crippen molar-refractivity contribution in [1.82, 2.24) is 4.98 Å². The van der Waals surface area contributed by atoms with E-state index < -0.39 is 4.92 Å². The Morgan fingerprint density at radius 2 is 1.74 bits per heavy atom. The zero-order valence-electron chi connectivity index (χ0n) is 16.7. The number of nitro groups is 1. The first-order valence-electron chi connectivity index (χ1n) is 10.2. The van der Waals surface area contributed by atoms with Crippen LogP contribution in [0.2, 0.25) is 0 Å². The predicted octanol–water partition coefficient (Wildman–Crippen LogP) is 3.17. The summed E-state index contributed by atoms with van der Waals surface area (Å²) >= 11 is 2.92. The number of fused-ring (bicyclic) bond motifs is 9. The quantitative estimate of drug-likeness (QED) is 0.421. The topological polar surface area (TPSA) is 113 Å². The highest BCUT2D eigenvalue weighted by Crippen LogP contribution is 2.69. The Hall–Kier alpha value is -2.46. The molecule has 6 rings (SSSR count). The molecule has 3 heterocycles. The van der Waals surface area contributed by atoms with Crippen molar-refractivity contribution < 1.29 is 14.5 Å². The molecule has 1 N–H and O–H groups in total. The molecule has 31 heavy (non-hydrogen) atoms. The molecule has 160 valence electrons. The molecule has 0 spiro atoms. The number of benzene rings is 1. The summed E-state index contributed by atoms with van der Waals surface area (Å²) < 4.78 is 0. The predicted molar refractivity (Wildman–Crippen MR) is 115 cm³/mol. The first kappa shape index (κ1) is 19.2. The minimum absolute atomic E-state index is 0.0606. The molecule has 6 atom stereocenters. The summed E-state index contributed by atoms with van der Waals surface area (Å²) in [6.45, 7) is 4.30. The van der Waals surface area contributed by atoms with Gasteiger partial charge in [0.1, 0.15) is 0 Å². The minimum Gasteiger partial charge on any atom is -0.307 e. The van der Waals surface area contributed by atoms with E-state index in [2.05, 4.69) is 18.8 Å². The Morgan fingerprint density at radius 3 is 2.39 bits per heavy atom. The molecule has 1 aromatic heterocycles. The number of nitro benzene ring substituents is 1. The summed E-state index contributed by atoms with van der Waals surface area (Å²) in [7, 11) is 0. The molecule has 0 unspecified atom stereocenters. The Balaban J connectivity index is 1.38. The molecular weight excluding hydrogens is 438 g/mol. The molecule has 2 saturated carbocycles. The molecule has 3 fully saturated rings. The van der Waals surface area contributed by atoms with Crippen LogP contribution in [0.15, 0.2) is 34.1 Å². The maximum Gasteiger partial charge on any atom is 0.305 e. The molecule has 2 bridgehead atoms. The first-order valence-corrected chi connectivity index (χ1v) is 11.9. The Kier molecular flexibility index (Phi) is 3.77. The molecule has 8 nitrogen and oxygen atoms in total. The number of hydrogen-bond acceptors (Lipinski definition) is 7. The number of anilines is 1. The zero-order chi connectivity index (χ0) is 21.8. The lowest BCUT2D eigenvalue weighted by atomic mass is 9.64. The number of nitrogens with zero attached hydrogens (tertiary/aromatic N) is 2. The summed E-state index contributed by atoms with van der Waals surface area (Å²) in [4.78, 5) is 54.5. The van der Waals surface area contributed by atoms with Gasteiger partial charge in [0, 0.05) is 27.7 Å². The zero-order valence-corrected chi connectivity index (χ0v) is 18.4. The standard InChI is InChI=1S/C21H19N3O5S2/c1-21(2)14-10-7-11(15(14)30-17-16(21)31-20(27)22-17)13-12(10)18(25)23(19(13)26)8-3-5-9(6-4-8)24(28)29/h3-6,10-15H,7H2,1-2H3,(H,22,27)/t10-,11+,12-,13-,14+,15+/m0/s1. The average Bonchev–Trinajstić information content (AvgIpc) is 3.43. The third-order valence-electron chi connectivity index (χ3n) is 7.71. The number of amides is 2. The fraction of sp³-hybridized carbons (Fsp3) is 0.476. The van der Waals surface area contributed by atoms with Gasteiger partial charge in [-0.1, -0.05) is 25.2 Å². The maximum atomic E-state index is 13.5. The van der Waals surface area contributed by atoms with Gasteiger partial charge in [-0.25, -0.2) is 0 Å². The molecule has 2 amide bonds. The normalized spacial score (nSPS) is 34.6. The summed E-state index contributed by atoms with van der Waals surface area (Å²) in [5, 5.41) is 12.0. The number of aromatic nitrogens is 1. The van der Waals surface area contributed by atoms with Gasteiger partial charge < -0.3 is 4.98 Å². The Labute approximate surface area is 185 Å². The van der Waals surface area contributed by atoms with Crippen molar-refractivity contribution in [3.63, 3.8) is 0 Å². The van der Waals surface area contributed by atoms with Gasteiger partial charge in [-0.3, -0.25) is 29.4 Å². The highest BCUT2D eigenvalue weighted by molar-refractivity contribution is 8.00. The van der Waals surface area contributed by atoms with Crippen molar-refractivity contribution in [3.8, 4) is 0 Å². The van der Waals surface area contributed by atoms with E-state index >= 15 is 0 Å². The number of carbonyl (C=O) groups excluding carboxylic acids is 2. The van der Waals surface area contributed by atoms with Crippen LogP contribution in [0.4, 0.5) is 11.4 Å². The maximum absolute atomic E-state index is 13.5. The number of H-pyrrole nitrogens is 1. The van der Waals surface area contributed by atoms with Gasteiger partial charge in [0.2, 0.25) is 11.8 Å². The highest BCUT2D eigenvalue weighted by atomic mass is 32.2. The van der Waals surface area contributed by atoms with Gasteiger partial charge in [0.15, 0.2) is 0 Å². The lowest BCUT2D eigenvalue weighted by Crippen LogP contribution is -2.48. The van der Waals surface area contributed by atoms with Gasteiger partial charge in [-0.15, -0.1) is 11.8 Å². The van der Waals surface area contributed by atoms with Crippen molar-refractivity contribution in [2.75, 3.05) is 4.90 Å². The van der Waals surface area contributed by atoms with Crippen molar-refractivity contribution in [2.24, 2.45) is 29.6 Å². The average molecular weight is 458 g/mol. The lowest BCUT2D eigenvalue weighted by molar-refractivity contribution is -0.384. The number of carbonyl (C=O) groups is 2. The van der Waals surface area contributed by atoms with E-state index in [0.29, 0.717) is 5.69 Å². The summed E-state index contributed by atoms with van der Waals surface area (Å²) in [5.41, 5.74) is 0.0731. The molecule has 2 aromatic rings. The molecule has 4 aliphatic rings. The number of hydrogen-bond donors (Lipinski definition) is 1. The Bertz CT molecular complexity index is 1220. The van der Waals surface area contributed by atoms with Gasteiger partial charge in [-0.05, 0) is 36.3 Å². The summed E-state index contributed by atoms with van der Waals surface area (Å²) in [5.74, 6) is -0.708. The summed E-state index contributed by atoms with van der Waals surface area (Å²) in [6.07, 6.45) is 0.853. The van der Waals surface area contributed by atoms with Crippen LogP contribution in [0.5, 0.6) is 0 Å². The van der Waals surface area contributed by atoms with Gasteiger partial charge >= 0.3 is 4.87 Å². The number of thiazole rings is 1. The largest absolute Gasteiger partial charge is 0.307 e. The van der Waals surface area contributed by atoms with Crippen LogP contribution in [0.1, 0.15) is 25.1 Å². The second-order valence-electron chi connectivity index (χ2n) is 9.40. The number of non-ortho nitro benzene ring substituents is 1. The number of thioether (sulfide) groups is 1. The molecule has 0 radical (unpaired) electrons. The highest BCUT2D eigenvalue weighted by Gasteiger charge is 2.70. The molecule has 2 aliphatic carbocycles. The lowest BCUT2D eigenvalue weighted by Gasteiger charge is -2.47. The van der Waals surface area contributed by atoms with Crippen molar-refractivity contribution >= 4 is 46.3 Å². The van der Waals surface area contributed by atoms with Crippen molar-refractivity contribution in [2.45, 2.75) is 36.0 Å². The fourth-order valence-corrected chi connectivity index (χ4v) is 9.78. The van der Waals surface area contributed by atoms with Gasteiger partial charge in [0.25, 0.3) is 5.69 Å². The third kappa shape index (κ3) is 2.34. The monoisotopic (exact) mass is 457 g/mol. The minimum atomic E-state index is -0.501. The first-order chi connectivity index (χ1) is 14.7. The van der Waals surface area contributed by atoms with Crippen molar-refractivity contribution in [3.05, 3.63) is 48.9 Å². The van der Waals surface area contributed by atoms with E-state index in [1.165, 1.54) is 40.5 Å². The molecular formula is C21H19N3O5S2. The molecule has 10 heteroatoms. The molecule has 1 aromatic carbocycles. The SMILES string of the molecule is CC1(C)c2sc(=O)[nH]c2S[C@@H]2[C@@H]3C[C@@H]([C@@H]4C(=O)N(c5ccc([N+](=O)[O-])cc5)C(=O)[C@@H]34)[C@H]21. The van der Waals surface area contributed by atoms with Crippen LogP contribution in [-0.2, 0) is 15.0 Å². The van der Waals surface area contributed by atoms with Crippen LogP contribution in [0, 0.1) is 39.7 Å². The van der Waals surface area contributed by atoms with E-state index in [9.17, 15) is 24.5 Å². The van der Waals surface area contributed by atoms with E-state index in [-0.39, 0.29) is 62.6 Å². The third-order valence-corrected chi connectivity index (χ3v) is 10.5. The number of rotatable bonds is 2. The van der Waals surface area contributed by atoms with E-state index in [1.807, 2.05) is 0 Å². The molecule has 1 saturated heterocycles. The summed E-state index contributed by atoms with van der Waals surface area (Å²) in [6, 6.07) is 5.60. The van der Waals surface area contributed by atoms with Gasteiger partial charge in [-0.2, -0.15) is 0 Å². The van der Waals surface area contributed by atoms with Crippen LogP contribution in [0.3, 0.4) is 0 Å². The number of nitrogens with one attached hydrogen (secondary N) is 1. The number of imide groups is 1. The van der Waals surface area contributed by atoms with E-state index in [1.54, 1.807) is 11.8 Å². The van der Waals surface area contributed by atoms with E-state index in [4.69, 9.17) is 0 Å². The molecule has 2 aliphatic heterocycles. The van der Waals surface area contributed by atoms with Crippen LogP contribution in [0.25, 0.3) is 0 Å². The van der Waals surface area contributed by atoms with Crippen LogP contribution < -0.4 is 9.77 Å². The van der Waals surface area contributed by atoms with Crippen LogP contribution >= 0.6 is 23.1 Å². The fourth-order valence-electron chi connectivity index (χ4n) is 6.63. The smallest absolute Gasteiger partial charge is 0.305 e. The van der Waals surface area contributed by atoms with Crippen LogP contribution in [-0.4, -0.2) is 27.0 Å². The van der Waals surface area contributed by atoms with Crippen molar-refractivity contribution in [1.29, 1.82) is 0 Å². The van der Waals surface area contributed by atoms with Gasteiger partial charge in [0.05, 0.1) is 27.5 Å².